The largest absolute Gasteiger partial charge is 0.337 e. The molecule has 1 aromatic rings. The number of carbonyl (C=O) groups excluding carboxylic acids is 1. The molecule has 4 heteroatoms. The van der Waals surface area contributed by atoms with Crippen molar-refractivity contribution in [3.8, 4) is 0 Å². The molecule has 0 spiro atoms. The molecule has 1 saturated heterocycles. The average molecular weight is 236 g/mol. The van der Waals surface area contributed by atoms with Gasteiger partial charge in [0.25, 0.3) is 0 Å². The summed E-state index contributed by atoms with van der Waals surface area (Å²) in [4.78, 5) is 16.1. The molecular formula is C12H16N2OS. The van der Waals surface area contributed by atoms with Crippen LogP contribution < -0.4 is 5.32 Å². The number of rotatable bonds is 2. The summed E-state index contributed by atoms with van der Waals surface area (Å²) < 4.78 is 0. The summed E-state index contributed by atoms with van der Waals surface area (Å²) in [7, 11) is 0. The van der Waals surface area contributed by atoms with Crippen LogP contribution in [0.3, 0.4) is 0 Å². The quantitative estimate of drug-likeness (QED) is 0.789. The summed E-state index contributed by atoms with van der Waals surface area (Å²) in [6.07, 6.45) is 3.58. The molecule has 1 N–H and O–H groups in total. The molecule has 1 fully saturated rings. The lowest BCUT2D eigenvalue weighted by atomic mass is 10.3. The van der Waals surface area contributed by atoms with Gasteiger partial charge in [-0.15, -0.1) is 11.3 Å². The molecule has 0 bridgehead atoms. The molecule has 1 aliphatic rings. The molecule has 0 aromatic carbocycles. The number of aryl methyl sites for hydroxylation is 1. The highest BCUT2D eigenvalue weighted by Crippen LogP contribution is 2.16. The molecule has 16 heavy (non-hydrogen) atoms. The molecule has 1 aliphatic heterocycles. The summed E-state index contributed by atoms with van der Waals surface area (Å²) in [5.41, 5.74) is 0. The fourth-order valence-corrected chi connectivity index (χ4v) is 2.47. The smallest absolute Gasteiger partial charge is 0.246 e. The predicted octanol–water partition coefficient (Wildman–Crippen LogP) is 1.50. The molecule has 0 unspecified atom stereocenters. The maximum absolute atomic E-state index is 11.8. The van der Waals surface area contributed by atoms with E-state index in [-0.39, 0.29) is 5.91 Å². The number of thiophene rings is 1. The van der Waals surface area contributed by atoms with Crippen LogP contribution in [0.15, 0.2) is 18.2 Å². The summed E-state index contributed by atoms with van der Waals surface area (Å²) in [5, 5.41) is 3.23. The summed E-state index contributed by atoms with van der Waals surface area (Å²) >= 11 is 1.71. The van der Waals surface area contributed by atoms with Crippen molar-refractivity contribution in [1.29, 1.82) is 0 Å². The van der Waals surface area contributed by atoms with Gasteiger partial charge in [-0.25, -0.2) is 0 Å². The van der Waals surface area contributed by atoms with Gasteiger partial charge in [-0.1, -0.05) is 0 Å². The fraction of sp³-hybridized carbons (Fsp3) is 0.417. The van der Waals surface area contributed by atoms with Gasteiger partial charge < -0.3 is 10.2 Å². The Morgan fingerprint density at radius 1 is 1.44 bits per heavy atom. The van der Waals surface area contributed by atoms with Gasteiger partial charge in [0.2, 0.25) is 5.91 Å². The minimum Gasteiger partial charge on any atom is -0.337 e. The van der Waals surface area contributed by atoms with Crippen molar-refractivity contribution in [3.05, 3.63) is 28.0 Å². The monoisotopic (exact) mass is 236 g/mol. The number of carbonyl (C=O) groups is 1. The van der Waals surface area contributed by atoms with E-state index < -0.39 is 0 Å². The molecule has 1 amide bonds. The molecular weight excluding hydrogens is 220 g/mol. The van der Waals surface area contributed by atoms with E-state index >= 15 is 0 Å². The highest BCUT2D eigenvalue weighted by Gasteiger charge is 2.12. The topological polar surface area (TPSA) is 32.3 Å². The van der Waals surface area contributed by atoms with Crippen LogP contribution in [0.25, 0.3) is 6.08 Å². The lowest BCUT2D eigenvalue weighted by molar-refractivity contribution is -0.126. The van der Waals surface area contributed by atoms with Crippen molar-refractivity contribution in [2.75, 3.05) is 26.2 Å². The molecule has 3 nitrogen and oxygen atoms in total. The Morgan fingerprint density at radius 3 is 2.81 bits per heavy atom. The molecule has 0 aliphatic carbocycles. The van der Waals surface area contributed by atoms with Crippen LogP contribution in [0.5, 0.6) is 0 Å². The van der Waals surface area contributed by atoms with Gasteiger partial charge in [0, 0.05) is 42.0 Å². The van der Waals surface area contributed by atoms with Gasteiger partial charge in [0.1, 0.15) is 0 Å². The number of nitrogens with one attached hydrogen (secondary N) is 1. The average Bonchev–Trinajstić information content (AvgIpc) is 2.73. The van der Waals surface area contributed by atoms with E-state index in [2.05, 4.69) is 18.3 Å². The van der Waals surface area contributed by atoms with Crippen LogP contribution >= 0.6 is 11.3 Å². The second kappa shape index (κ2) is 5.27. The number of nitrogens with zero attached hydrogens (tertiary/aromatic N) is 1. The summed E-state index contributed by atoms with van der Waals surface area (Å²) in [6, 6.07) is 4.11. The van der Waals surface area contributed by atoms with Crippen LogP contribution in [0, 0.1) is 6.92 Å². The van der Waals surface area contributed by atoms with Gasteiger partial charge in [-0.05, 0) is 25.1 Å². The Morgan fingerprint density at radius 2 is 2.19 bits per heavy atom. The van der Waals surface area contributed by atoms with Crippen molar-refractivity contribution in [2.24, 2.45) is 0 Å². The van der Waals surface area contributed by atoms with Crippen molar-refractivity contribution < 1.29 is 4.79 Å². The predicted molar refractivity (Wildman–Crippen MR) is 67.5 cm³/mol. The van der Waals surface area contributed by atoms with Crippen LogP contribution in [0.4, 0.5) is 0 Å². The second-order valence-electron chi connectivity index (χ2n) is 3.86. The first-order chi connectivity index (χ1) is 7.75. The molecule has 0 atom stereocenters. The van der Waals surface area contributed by atoms with Crippen molar-refractivity contribution in [2.45, 2.75) is 6.92 Å². The SMILES string of the molecule is Cc1ccc(C=CC(=O)N2CCNCC2)s1. The maximum atomic E-state index is 11.8. The Balaban J connectivity index is 1.93. The minimum atomic E-state index is 0.118. The Kier molecular flexibility index (Phi) is 3.74. The first-order valence-corrected chi connectivity index (χ1v) is 6.31. The first-order valence-electron chi connectivity index (χ1n) is 5.50. The zero-order valence-corrected chi connectivity index (χ0v) is 10.2. The number of hydrogen-bond acceptors (Lipinski definition) is 3. The van der Waals surface area contributed by atoms with Gasteiger partial charge in [0.15, 0.2) is 0 Å². The van der Waals surface area contributed by atoms with Crippen molar-refractivity contribution >= 4 is 23.3 Å². The zero-order valence-electron chi connectivity index (χ0n) is 9.40. The molecule has 2 heterocycles. The number of amides is 1. The van der Waals surface area contributed by atoms with Gasteiger partial charge in [-0.2, -0.15) is 0 Å². The molecule has 86 valence electrons. The molecule has 0 radical (unpaired) electrons. The number of piperazine rings is 1. The van der Waals surface area contributed by atoms with E-state index in [9.17, 15) is 4.79 Å². The Hall–Kier alpha value is -1.13. The third kappa shape index (κ3) is 2.93. The lowest BCUT2D eigenvalue weighted by Crippen LogP contribution is -2.45. The van der Waals surface area contributed by atoms with Gasteiger partial charge in [-0.3, -0.25) is 4.79 Å². The lowest BCUT2D eigenvalue weighted by Gasteiger charge is -2.26. The molecule has 0 saturated carbocycles. The maximum Gasteiger partial charge on any atom is 0.246 e. The minimum absolute atomic E-state index is 0.118. The Labute approximate surface area is 99.8 Å². The summed E-state index contributed by atoms with van der Waals surface area (Å²) in [5.74, 6) is 0.118. The first kappa shape index (κ1) is 11.4. The van der Waals surface area contributed by atoms with E-state index in [1.165, 1.54) is 4.88 Å². The van der Waals surface area contributed by atoms with Crippen molar-refractivity contribution in [3.63, 3.8) is 0 Å². The van der Waals surface area contributed by atoms with E-state index in [0.29, 0.717) is 0 Å². The normalized spacial score (nSPS) is 16.9. The van der Waals surface area contributed by atoms with Crippen molar-refractivity contribution in [1.82, 2.24) is 10.2 Å². The highest BCUT2D eigenvalue weighted by molar-refractivity contribution is 7.12. The van der Waals surface area contributed by atoms with E-state index in [1.54, 1.807) is 17.4 Å². The van der Waals surface area contributed by atoms with Crippen LogP contribution in [-0.4, -0.2) is 37.0 Å². The van der Waals surface area contributed by atoms with Crippen LogP contribution in [0.1, 0.15) is 9.75 Å². The van der Waals surface area contributed by atoms with E-state index in [0.717, 1.165) is 31.1 Å². The number of hydrogen-bond donors (Lipinski definition) is 1. The third-order valence-electron chi connectivity index (χ3n) is 2.58. The van der Waals surface area contributed by atoms with Crippen LogP contribution in [-0.2, 0) is 4.79 Å². The zero-order chi connectivity index (χ0) is 11.4. The third-order valence-corrected chi connectivity index (χ3v) is 3.55. The fourth-order valence-electron chi connectivity index (χ4n) is 1.69. The van der Waals surface area contributed by atoms with E-state index in [1.807, 2.05) is 17.0 Å². The summed E-state index contributed by atoms with van der Waals surface area (Å²) in [6.45, 7) is 5.49. The van der Waals surface area contributed by atoms with Gasteiger partial charge in [0.05, 0.1) is 0 Å². The van der Waals surface area contributed by atoms with Crippen LogP contribution in [0.2, 0.25) is 0 Å². The highest BCUT2D eigenvalue weighted by atomic mass is 32.1. The van der Waals surface area contributed by atoms with E-state index in [4.69, 9.17) is 0 Å². The Bertz CT molecular complexity index is 391. The molecule has 1 aromatic heterocycles. The standard InChI is InChI=1S/C12H16N2OS/c1-10-2-3-11(16-10)4-5-12(15)14-8-6-13-7-9-14/h2-5,13H,6-9H2,1H3. The second-order valence-corrected chi connectivity index (χ2v) is 5.18. The van der Waals surface area contributed by atoms with Gasteiger partial charge >= 0.3 is 0 Å². The molecule has 2 rings (SSSR count).